The van der Waals surface area contributed by atoms with Crippen molar-refractivity contribution < 1.29 is 4.79 Å². The molecule has 0 radical (unpaired) electrons. The summed E-state index contributed by atoms with van der Waals surface area (Å²) in [5.74, 6) is 0.679. The number of amides is 1. The minimum atomic E-state index is -0.646. The van der Waals surface area contributed by atoms with Crippen LogP contribution in [0.4, 0.5) is 0 Å². The van der Waals surface area contributed by atoms with Crippen LogP contribution in [0.1, 0.15) is 45.2 Å². The van der Waals surface area contributed by atoms with Gasteiger partial charge in [0.25, 0.3) is 0 Å². The van der Waals surface area contributed by atoms with E-state index >= 15 is 0 Å². The van der Waals surface area contributed by atoms with Gasteiger partial charge in [-0.05, 0) is 39.7 Å². The van der Waals surface area contributed by atoms with Crippen molar-refractivity contribution >= 4 is 17.7 Å². The lowest BCUT2D eigenvalue weighted by Gasteiger charge is -2.32. The van der Waals surface area contributed by atoms with Gasteiger partial charge in [0.05, 0.1) is 5.54 Å². The molecular formula is C17H28N2OS. The van der Waals surface area contributed by atoms with Gasteiger partial charge in [-0.3, -0.25) is 4.79 Å². The van der Waals surface area contributed by atoms with Crippen LogP contribution >= 0.6 is 11.8 Å². The fourth-order valence-corrected chi connectivity index (χ4v) is 3.65. The number of thioether (sulfide) groups is 1. The molecule has 2 atom stereocenters. The molecule has 21 heavy (non-hydrogen) atoms. The Morgan fingerprint density at radius 1 is 1.38 bits per heavy atom. The molecule has 1 rings (SSSR count). The molecule has 2 unspecified atom stereocenters. The monoisotopic (exact) mass is 308 g/mol. The Kier molecular flexibility index (Phi) is 6.75. The van der Waals surface area contributed by atoms with E-state index in [1.807, 2.05) is 32.5 Å². The van der Waals surface area contributed by atoms with Crippen LogP contribution in [0.25, 0.3) is 0 Å². The molecule has 118 valence electrons. The third-order valence-electron chi connectivity index (χ3n) is 3.46. The lowest BCUT2D eigenvalue weighted by Crippen LogP contribution is -2.56. The van der Waals surface area contributed by atoms with Gasteiger partial charge in [-0.25, -0.2) is 0 Å². The second-order valence-electron chi connectivity index (χ2n) is 6.31. The molecule has 0 fully saturated rings. The van der Waals surface area contributed by atoms with Crippen molar-refractivity contribution in [1.82, 2.24) is 5.32 Å². The molecule has 0 saturated heterocycles. The molecule has 1 aromatic rings. The third-order valence-corrected chi connectivity index (χ3v) is 4.70. The van der Waals surface area contributed by atoms with Crippen molar-refractivity contribution in [3.63, 3.8) is 0 Å². The molecular weight excluding hydrogens is 280 g/mol. The fourth-order valence-electron chi connectivity index (χ4n) is 2.54. The van der Waals surface area contributed by atoms with E-state index in [9.17, 15) is 4.79 Å². The molecule has 0 aliphatic rings. The summed E-state index contributed by atoms with van der Waals surface area (Å²) in [6.45, 7) is 10.2. The molecule has 0 aromatic heterocycles. The van der Waals surface area contributed by atoms with E-state index in [2.05, 4.69) is 43.4 Å². The van der Waals surface area contributed by atoms with Crippen LogP contribution in [0.3, 0.4) is 0 Å². The van der Waals surface area contributed by atoms with Crippen molar-refractivity contribution in [2.45, 2.75) is 63.6 Å². The number of hydrogen-bond donors (Lipinski definition) is 2. The van der Waals surface area contributed by atoms with E-state index in [0.717, 1.165) is 12.2 Å². The molecule has 3 nitrogen and oxygen atoms in total. The number of benzene rings is 1. The molecule has 1 amide bonds. The first-order valence-electron chi connectivity index (χ1n) is 7.47. The zero-order chi connectivity index (χ0) is 16.0. The van der Waals surface area contributed by atoms with Crippen LogP contribution in [-0.2, 0) is 10.5 Å². The highest BCUT2D eigenvalue weighted by Crippen LogP contribution is 2.25. The highest BCUT2D eigenvalue weighted by molar-refractivity contribution is 7.99. The summed E-state index contributed by atoms with van der Waals surface area (Å²) in [6.07, 6.45) is 0.733. The molecule has 0 spiro atoms. The second kappa shape index (κ2) is 7.85. The predicted molar refractivity (Wildman–Crippen MR) is 92.4 cm³/mol. The predicted octanol–water partition coefficient (Wildman–Crippen LogP) is 3.25. The van der Waals surface area contributed by atoms with Crippen molar-refractivity contribution in [1.29, 1.82) is 0 Å². The average Bonchev–Trinajstić information content (AvgIpc) is 2.35. The first-order valence-corrected chi connectivity index (χ1v) is 8.52. The maximum absolute atomic E-state index is 11.8. The molecule has 0 aliphatic carbocycles. The lowest BCUT2D eigenvalue weighted by molar-refractivity contribution is -0.124. The van der Waals surface area contributed by atoms with E-state index < -0.39 is 5.54 Å². The Morgan fingerprint density at radius 3 is 2.57 bits per heavy atom. The number of hydrogen-bond acceptors (Lipinski definition) is 3. The van der Waals surface area contributed by atoms with Crippen molar-refractivity contribution in [2.24, 2.45) is 5.73 Å². The van der Waals surface area contributed by atoms with Gasteiger partial charge in [0.1, 0.15) is 0 Å². The Balaban J connectivity index is 2.58. The number of primary amides is 1. The molecule has 1 aromatic carbocycles. The Bertz CT molecular complexity index is 476. The Labute approximate surface area is 133 Å². The van der Waals surface area contributed by atoms with Gasteiger partial charge in [0.2, 0.25) is 5.91 Å². The molecule has 0 saturated carbocycles. The minimum Gasteiger partial charge on any atom is -0.368 e. The van der Waals surface area contributed by atoms with Crippen molar-refractivity contribution in [3.05, 3.63) is 35.4 Å². The highest BCUT2D eigenvalue weighted by Gasteiger charge is 2.33. The number of nitrogens with one attached hydrogen (secondary N) is 1. The van der Waals surface area contributed by atoms with Gasteiger partial charge < -0.3 is 11.1 Å². The fraction of sp³-hybridized carbons (Fsp3) is 0.588. The number of aryl methyl sites for hydroxylation is 1. The Hall–Kier alpha value is -1.00. The van der Waals surface area contributed by atoms with E-state index in [0.29, 0.717) is 5.25 Å². The zero-order valence-electron chi connectivity index (χ0n) is 13.8. The smallest absolute Gasteiger partial charge is 0.237 e. The van der Waals surface area contributed by atoms with Gasteiger partial charge in [-0.1, -0.05) is 36.8 Å². The minimum absolute atomic E-state index is 0.233. The van der Waals surface area contributed by atoms with Crippen molar-refractivity contribution in [3.8, 4) is 0 Å². The van der Waals surface area contributed by atoms with Crippen LogP contribution in [0, 0.1) is 6.92 Å². The number of carbonyl (C=O) groups is 1. The van der Waals surface area contributed by atoms with E-state index in [1.54, 1.807) is 0 Å². The Morgan fingerprint density at radius 2 is 2.05 bits per heavy atom. The SMILES string of the molecule is Cc1cccc(CSC(C)CC(C)(NC(C)C)C(N)=O)c1. The average molecular weight is 308 g/mol. The van der Waals surface area contributed by atoms with Crippen LogP contribution in [0.5, 0.6) is 0 Å². The van der Waals surface area contributed by atoms with Crippen LogP contribution < -0.4 is 11.1 Å². The van der Waals surface area contributed by atoms with Gasteiger partial charge in [0, 0.05) is 17.0 Å². The maximum atomic E-state index is 11.8. The molecule has 4 heteroatoms. The van der Waals surface area contributed by atoms with Gasteiger partial charge >= 0.3 is 0 Å². The van der Waals surface area contributed by atoms with Gasteiger partial charge in [-0.2, -0.15) is 11.8 Å². The normalized spacial score (nSPS) is 15.7. The quantitative estimate of drug-likeness (QED) is 0.775. The largest absolute Gasteiger partial charge is 0.368 e. The van der Waals surface area contributed by atoms with Crippen molar-refractivity contribution in [2.75, 3.05) is 0 Å². The maximum Gasteiger partial charge on any atom is 0.237 e. The highest BCUT2D eigenvalue weighted by atomic mass is 32.2. The van der Waals surface area contributed by atoms with Crippen LogP contribution in [0.2, 0.25) is 0 Å². The first-order chi connectivity index (χ1) is 9.73. The molecule has 0 bridgehead atoms. The van der Waals surface area contributed by atoms with Crippen LogP contribution in [-0.4, -0.2) is 22.7 Å². The number of rotatable bonds is 8. The van der Waals surface area contributed by atoms with Gasteiger partial charge in [-0.15, -0.1) is 0 Å². The molecule has 0 aliphatic heterocycles. The van der Waals surface area contributed by atoms with E-state index in [1.165, 1.54) is 11.1 Å². The summed E-state index contributed by atoms with van der Waals surface area (Å²) in [7, 11) is 0. The molecule has 0 heterocycles. The van der Waals surface area contributed by atoms with E-state index in [-0.39, 0.29) is 11.9 Å². The summed E-state index contributed by atoms with van der Waals surface area (Å²) < 4.78 is 0. The summed E-state index contributed by atoms with van der Waals surface area (Å²) in [6, 6.07) is 8.78. The topological polar surface area (TPSA) is 55.1 Å². The second-order valence-corrected chi connectivity index (χ2v) is 7.74. The van der Waals surface area contributed by atoms with E-state index in [4.69, 9.17) is 5.73 Å². The number of nitrogens with two attached hydrogens (primary N) is 1. The summed E-state index contributed by atoms with van der Waals surface area (Å²) in [5.41, 5.74) is 7.54. The number of carbonyl (C=O) groups excluding carboxylic acids is 1. The summed E-state index contributed by atoms with van der Waals surface area (Å²) in [5, 5.41) is 3.66. The lowest BCUT2D eigenvalue weighted by atomic mass is 9.94. The standard InChI is InChI=1S/C17H28N2OS/c1-12(2)19-17(5,16(18)20)10-14(4)21-11-15-8-6-7-13(3)9-15/h6-9,12,14,19H,10-11H2,1-5H3,(H2,18,20). The zero-order valence-corrected chi connectivity index (χ0v) is 14.6. The van der Waals surface area contributed by atoms with Crippen LogP contribution in [0.15, 0.2) is 24.3 Å². The summed E-state index contributed by atoms with van der Waals surface area (Å²) in [4.78, 5) is 11.8. The van der Waals surface area contributed by atoms with Gasteiger partial charge in [0.15, 0.2) is 0 Å². The molecule has 3 N–H and O–H groups in total. The third kappa shape index (κ3) is 6.10. The first kappa shape index (κ1) is 18.1. The summed E-state index contributed by atoms with van der Waals surface area (Å²) >= 11 is 1.86.